The van der Waals surface area contributed by atoms with Gasteiger partial charge in [0, 0.05) is 75.8 Å². The van der Waals surface area contributed by atoms with Gasteiger partial charge in [0.15, 0.2) is 0 Å². The second-order valence-corrected chi connectivity index (χ2v) is 18.3. The zero-order chi connectivity index (χ0) is 47.7. The Labute approximate surface area is 392 Å². The smallest absolute Gasteiger partial charge is 0.229 e. The van der Waals surface area contributed by atoms with Crippen LogP contribution >= 0.6 is 0 Å². The highest BCUT2D eigenvalue weighted by atomic mass is 16.5. The van der Waals surface area contributed by atoms with Gasteiger partial charge in [-0.1, -0.05) is 48.5 Å². The molecular formula is C56H40O13. The molecule has 0 bridgehead atoms. The van der Waals surface area contributed by atoms with Crippen molar-refractivity contribution in [3.8, 4) is 57.5 Å². The first-order valence-electron chi connectivity index (χ1n) is 22.3. The average Bonchev–Trinajstić information content (AvgIpc) is 3.81. The summed E-state index contributed by atoms with van der Waals surface area (Å²) in [7, 11) is 0. The van der Waals surface area contributed by atoms with E-state index in [1.54, 1.807) is 54.6 Å². The van der Waals surface area contributed by atoms with Crippen LogP contribution in [0, 0.1) is 5.92 Å². The number of hydrogen-bond acceptors (Lipinski definition) is 13. The molecule has 342 valence electrons. The Morgan fingerprint density at radius 2 is 0.783 bits per heavy atom. The summed E-state index contributed by atoms with van der Waals surface area (Å²) < 4.78 is 13.5. The summed E-state index contributed by atoms with van der Waals surface area (Å²) in [4.78, 5) is 30.0. The monoisotopic (exact) mass is 920 g/mol. The number of benzene rings is 7. The molecule has 2 aliphatic heterocycles. The molecule has 0 radical (unpaired) electrons. The van der Waals surface area contributed by atoms with Crippen molar-refractivity contribution in [2.45, 2.75) is 41.8 Å². The van der Waals surface area contributed by atoms with Crippen LogP contribution in [-0.4, -0.2) is 57.5 Å². The third kappa shape index (κ3) is 6.30. The molecule has 0 saturated carbocycles. The highest BCUT2D eigenvalue weighted by Crippen LogP contribution is 2.68. The lowest BCUT2D eigenvalue weighted by molar-refractivity contribution is -0.132. The van der Waals surface area contributed by atoms with E-state index < -0.39 is 59.3 Å². The van der Waals surface area contributed by atoms with Gasteiger partial charge in [-0.15, -0.1) is 0 Å². The number of allylic oxidation sites excluding steroid dienone is 3. The van der Waals surface area contributed by atoms with Crippen molar-refractivity contribution in [3.63, 3.8) is 0 Å². The molecule has 8 atom stereocenters. The van der Waals surface area contributed by atoms with E-state index in [0.717, 1.165) is 6.08 Å². The Morgan fingerprint density at radius 1 is 0.362 bits per heavy atom. The summed E-state index contributed by atoms with van der Waals surface area (Å²) in [6.07, 6.45) is -0.729. The van der Waals surface area contributed by atoms with Crippen LogP contribution in [0.4, 0.5) is 0 Å². The summed E-state index contributed by atoms with van der Waals surface area (Å²) in [6.45, 7) is 0. The Kier molecular flexibility index (Phi) is 9.09. The van der Waals surface area contributed by atoms with Crippen molar-refractivity contribution in [1.82, 2.24) is 0 Å². The summed E-state index contributed by atoms with van der Waals surface area (Å²) >= 11 is 0. The van der Waals surface area contributed by atoms with E-state index in [9.17, 15) is 50.8 Å². The van der Waals surface area contributed by atoms with E-state index in [4.69, 9.17) is 9.47 Å². The molecule has 1 saturated heterocycles. The van der Waals surface area contributed by atoms with Crippen molar-refractivity contribution < 1.29 is 65.0 Å². The van der Waals surface area contributed by atoms with Gasteiger partial charge in [0.2, 0.25) is 11.6 Å². The molecule has 7 aromatic carbocycles. The number of ether oxygens (including phenoxy) is 2. The SMILES string of the molecule is O=C1C=C2O[C@@H](c3ccc(O)cc3)[C@H]3C2=C(C1=O)[C@@H]([C@@H]1c2cc(O)cc4c2[C@@H](c2cc(O)cc(O)c2[C@H]1c1ccc(O)cc1)[C@@H](c1ccc(O)cc1)O4)[C@@H](c1ccc(O)cc1)c1c(O)cc(O)cc13. The van der Waals surface area contributed by atoms with Gasteiger partial charge in [0.25, 0.3) is 0 Å². The third-order valence-corrected chi connectivity index (χ3v) is 14.6. The zero-order valence-electron chi connectivity index (χ0n) is 36.1. The maximum absolute atomic E-state index is 15.5. The minimum absolute atomic E-state index is 0.00131. The molecule has 2 heterocycles. The maximum atomic E-state index is 15.5. The first kappa shape index (κ1) is 41.6. The predicted molar refractivity (Wildman–Crippen MR) is 247 cm³/mol. The molecule has 9 N–H and O–H groups in total. The van der Waals surface area contributed by atoms with Gasteiger partial charge >= 0.3 is 0 Å². The standard InChI is InChI=1S/C56H40O13/c57-28-9-1-24(2-10-28)43-45-35(17-32(61)20-38(45)64)49-47-37(19-34(63)22-41(47)68-55(49)26-5-13-30(59)14-6-26)48(43)52-44(25-3-11-29(58)12-4-25)46-36(18-33(62)21-39(46)65)50-51-42(23-40(66)54(67)53(51)52)69-56(50)27-7-15-31(60)16-8-27/h1-23,43-44,48-50,52,55-65H/t43-,44+,48-,49-,50-,52-,55-,56+/m1/s1. The van der Waals surface area contributed by atoms with Gasteiger partial charge < -0.3 is 55.4 Å². The third-order valence-electron chi connectivity index (χ3n) is 14.6. The fraction of sp³-hybridized carbons (Fsp3) is 0.143. The molecule has 7 aromatic rings. The van der Waals surface area contributed by atoms with Crippen molar-refractivity contribution in [1.29, 1.82) is 0 Å². The molecule has 0 spiro atoms. The van der Waals surface area contributed by atoms with Crippen LogP contribution in [0.2, 0.25) is 0 Å². The Balaban J connectivity index is 1.26. The number of rotatable bonds is 5. The molecule has 0 aromatic heterocycles. The largest absolute Gasteiger partial charge is 0.508 e. The van der Waals surface area contributed by atoms with Gasteiger partial charge in [0.05, 0.1) is 11.8 Å². The predicted octanol–water partition coefficient (Wildman–Crippen LogP) is 9.18. The molecule has 0 unspecified atom stereocenters. The summed E-state index contributed by atoms with van der Waals surface area (Å²) in [5, 5.41) is 102. The molecule has 5 aliphatic rings. The highest BCUT2D eigenvalue weighted by molar-refractivity contribution is 6.49. The Morgan fingerprint density at radius 3 is 1.29 bits per heavy atom. The number of hydrogen-bond donors (Lipinski definition) is 9. The van der Waals surface area contributed by atoms with Crippen LogP contribution in [0.5, 0.6) is 57.5 Å². The number of phenolic OH excluding ortho intramolecular Hbond substituents is 9. The van der Waals surface area contributed by atoms with E-state index in [-0.39, 0.29) is 80.0 Å². The molecule has 12 rings (SSSR count). The van der Waals surface area contributed by atoms with Crippen molar-refractivity contribution in [3.05, 3.63) is 212 Å². The first-order chi connectivity index (χ1) is 33.2. The minimum atomic E-state index is -1.27. The zero-order valence-corrected chi connectivity index (χ0v) is 36.1. The number of Topliss-reactive ketones (excluding diaryl/α,β-unsaturated/α-hetero) is 1. The fourth-order valence-electron chi connectivity index (χ4n) is 12.0. The first-order valence-corrected chi connectivity index (χ1v) is 22.3. The Hall–Kier alpha value is -8.84. The lowest BCUT2D eigenvalue weighted by Crippen LogP contribution is -2.35. The van der Waals surface area contributed by atoms with Gasteiger partial charge in [-0.3, -0.25) is 9.59 Å². The van der Waals surface area contributed by atoms with Gasteiger partial charge in [-0.2, -0.15) is 0 Å². The van der Waals surface area contributed by atoms with E-state index in [0.29, 0.717) is 50.1 Å². The molecule has 1 fully saturated rings. The average molecular weight is 921 g/mol. The van der Waals surface area contributed by atoms with E-state index in [1.165, 1.54) is 78.9 Å². The molecule has 13 nitrogen and oxygen atoms in total. The number of carbonyl (C=O) groups excluding carboxylic acids is 2. The van der Waals surface area contributed by atoms with Crippen LogP contribution in [0.3, 0.4) is 0 Å². The normalized spacial score (nSPS) is 23.9. The van der Waals surface area contributed by atoms with Gasteiger partial charge in [-0.25, -0.2) is 0 Å². The summed E-state index contributed by atoms with van der Waals surface area (Å²) in [6, 6.07) is 33.6. The van der Waals surface area contributed by atoms with Gasteiger partial charge in [-0.05, 0) is 106 Å². The second kappa shape index (κ2) is 15.1. The molecule has 13 heteroatoms. The summed E-state index contributed by atoms with van der Waals surface area (Å²) in [5.74, 6) is -9.66. The minimum Gasteiger partial charge on any atom is -0.508 e. The van der Waals surface area contributed by atoms with E-state index in [1.807, 2.05) is 0 Å². The molecule has 69 heavy (non-hydrogen) atoms. The van der Waals surface area contributed by atoms with E-state index in [2.05, 4.69) is 0 Å². The Bertz CT molecular complexity index is 3390. The molecule has 3 aliphatic carbocycles. The maximum Gasteiger partial charge on any atom is 0.229 e. The number of aromatic hydroxyl groups is 9. The van der Waals surface area contributed by atoms with Crippen molar-refractivity contribution >= 4 is 11.6 Å². The van der Waals surface area contributed by atoms with Crippen LogP contribution in [-0.2, 0) is 14.3 Å². The molecule has 0 amide bonds. The number of fused-ring (bicyclic) bond motifs is 4. The van der Waals surface area contributed by atoms with Crippen LogP contribution in [0.25, 0.3) is 0 Å². The van der Waals surface area contributed by atoms with Crippen molar-refractivity contribution in [2.75, 3.05) is 0 Å². The van der Waals surface area contributed by atoms with E-state index >= 15 is 4.79 Å². The fourth-order valence-corrected chi connectivity index (χ4v) is 12.0. The van der Waals surface area contributed by atoms with Crippen LogP contribution in [0.1, 0.15) is 97.4 Å². The number of carbonyl (C=O) groups is 2. The summed E-state index contributed by atoms with van der Waals surface area (Å²) in [5.41, 5.74) is 4.61. The van der Waals surface area contributed by atoms with Crippen molar-refractivity contribution in [2.24, 2.45) is 5.92 Å². The quantitative estimate of drug-likeness (QED) is 0.0579. The molecular weight excluding hydrogens is 881 g/mol. The number of ketones is 2. The lowest BCUT2D eigenvalue weighted by atomic mass is 9.61. The van der Waals surface area contributed by atoms with Gasteiger partial charge in [0.1, 0.15) is 75.5 Å². The van der Waals surface area contributed by atoms with Crippen LogP contribution < -0.4 is 4.74 Å². The lowest BCUT2D eigenvalue weighted by Gasteiger charge is -2.41. The van der Waals surface area contributed by atoms with Crippen LogP contribution in [0.15, 0.2) is 156 Å². The second-order valence-electron chi connectivity index (χ2n) is 18.3. The highest BCUT2D eigenvalue weighted by Gasteiger charge is 2.58. The number of phenols is 9. The topological polar surface area (TPSA) is 235 Å².